The number of amides is 1. The average Bonchev–Trinajstić information content (AvgIpc) is 2.60. The number of hydrogen-bond acceptors (Lipinski definition) is 2. The molecule has 0 heterocycles. The largest absolute Gasteiger partial charge is 0.478 e. The quantitative estimate of drug-likeness (QED) is 0.864. The number of rotatable bonds is 6. The maximum absolute atomic E-state index is 13.4. The summed E-state index contributed by atoms with van der Waals surface area (Å²) in [4.78, 5) is 25.0. The summed E-state index contributed by atoms with van der Waals surface area (Å²) in [5.74, 6) is -3.14. The molecule has 0 aliphatic carbocycles. The molecule has 1 amide bonds. The third-order valence-corrected chi connectivity index (χ3v) is 4.26. The number of carboxylic acids is 1. The zero-order valence-electron chi connectivity index (χ0n) is 14.0. The zero-order chi connectivity index (χ0) is 18.6. The van der Waals surface area contributed by atoms with Gasteiger partial charge in [0.1, 0.15) is 0 Å². The Morgan fingerprint density at radius 2 is 1.80 bits per heavy atom. The van der Waals surface area contributed by atoms with Gasteiger partial charge in [-0.15, -0.1) is 0 Å². The van der Waals surface area contributed by atoms with Gasteiger partial charge in [0.15, 0.2) is 11.6 Å². The molecule has 1 N–H and O–H groups in total. The Morgan fingerprint density at radius 1 is 1.12 bits per heavy atom. The summed E-state index contributed by atoms with van der Waals surface area (Å²) >= 11 is 0. The van der Waals surface area contributed by atoms with Crippen molar-refractivity contribution in [3.63, 3.8) is 0 Å². The molecule has 0 radical (unpaired) electrons. The number of carboxylic acid groups (broad SMARTS) is 1. The number of carbonyl (C=O) groups excluding carboxylic acids is 1. The van der Waals surface area contributed by atoms with Gasteiger partial charge in [-0.2, -0.15) is 0 Å². The molecule has 6 heteroatoms. The molecular weight excluding hydrogens is 328 g/mol. The first-order valence-corrected chi connectivity index (χ1v) is 7.83. The molecule has 1 atom stereocenters. The second-order valence-electron chi connectivity index (χ2n) is 5.82. The summed E-state index contributed by atoms with van der Waals surface area (Å²) in [5.41, 5.74) is 1.24. The smallest absolute Gasteiger partial charge is 0.335 e. The van der Waals surface area contributed by atoms with Crippen molar-refractivity contribution in [1.82, 2.24) is 4.90 Å². The van der Waals surface area contributed by atoms with Crippen LogP contribution in [0.15, 0.2) is 42.5 Å². The fourth-order valence-corrected chi connectivity index (χ4v) is 2.58. The van der Waals surface area contributed by atoms with E-state index < -0.39 is 23.6 Å². The molecule has 2 aromatic carbocycles. The predicted molar refractivity (Wildman–Crippen MR) is 89.3 cm³/mol. The van der Waals surface area contributed by atoms with E-state index in [9.17, 15) is 18.4 Å². The zero-order valence-corrected chi connectivity index (χ0v) is 14.0. The Morgan fingerprint density at radius 3 is 2.44 bits per heavy atom. The van der Waals surface area contributed by atoms with E-state index in [4.69, 9.17) is 5.11 Å². The van der Waals surface area contributed by atoms with Gasteiger partial charge in [0.05, 0.1) is 11.6 Å². The highest BCUT2D eigenvalue weighted by atomic mass is 19.2. The second-order valence-corrected chi connectivity index (χ2v) is 5.82. The molecule has 25 heavy (non-hydrogen) atoms. The van der Waals surface area contributed by atoms with Gasteiger partial charge in [0.25, 0.3) is 0 Å². The Hall–Kier alpha value is -2.76. The lowest BCUT2D eigenvalue weighted by Crippen LogP contribution is -2.30. The minimum Gasteiger partial charge on any atom is -0.478 e. The number of carbonyl (C=O) groups is 2. The first kappa shape index (κ1) is 18.6. The molecule has 0 aliphatic heterocycles. The highest BCUT2D eigenvalue weighted by molar-refractivity contribution is 5.89. The summed E-state index contributed by atoms with van der Waals surface area (Å²) in [6.45, 7) is 1.72. The Labute approximate surface area is 144 Å². The van der Waals surface area contributed by atoms with Crippen LogP contribution in [-0.4, -0.2) is 28.9 Å². The summed E-state index contributed by atoms with van der Waals surface area (Å²) in [6, 6.07) is 9.63. The SMILES string of the molecule is CC(c1ccc(F)c(F)c1)N(C)C(=O)CCc1ccccc1C(=O)O. The summed E-state index contributed by atoms with van der Waals surface area (Å²) in [6.07, 6.45) is 0.408. The molecule has 1 unspecified atom stereocenters. The highest BCUT2D eigenvalue weighted by Gasteiger charge is 2.19. The van der Waals surface area contributed by atoms with Crippen LogP contribution in [0.1, 0.15) is 40.9 Å². The lowest BCUT2D eigenvalue weighted by Gasteiger charge is -2.25. The number of hydrogen-bond donors (Lipinski definition) is 1. The van der Waals surface area contributed by atoms with Crippen LogP contribution in [0.4, 0.5) is 8.78 Å². The van der Waals surface area contributed by atoms with E-state index in [1.54, 1.807) is 32.2 Å². The van der Waals surface area contributed by atoms with Gasteiger partial charge in [-0.25, -0.2) is 13.6 Å². The minimum atomic E-state index is -1.04. The van der Waals surface area contributed by atoms with Crippen LogP contribution in [-0.2, 0) is 11.2 Å². The van der Waals surface area contributed by atoms with E-state index in [0.29, 0.717) is 11.1 Å². The standard InChI is InChI=1S/C19H19F2NO3/c1-12(14-7-9-16(20)17(21)11-14)22(2)18(23)10-8-13-5-3-4-6-15(13)19(24)25/h3-7,9,11-12H,8,10H2,1-2H3,(H,24,25). The first-order valence-electron chi connectivity index (χ1n) is 7.83. The van der Waals surface area contributed by atoms with Crippen molar-refractivity contribution in [2.45, 2.75) is 25.8 Å². The van der Waals surface area contributed by atoms with E-state index in [1.807, 2.05) is 0 Å². The van der Waals surface area contributed by atoms with Crippen molar-refractivity contribution < 1.29 is 23.5 Å². The van der Waals surface area contributed by atoms with Crippen molar-refractivity contribution in [3.05, 3.63) is 70.8 Å². The van der Waals surface area contributed by atoms with Crippen LogP contribution in [0.5, 0.6) is 0 Å². The van der Waals surface area contributed by atoms with Crippen LogP contribution in [0.3, 0.4) is 0 Å². The Bertz CT molecular complexity index is 792. The number of aryl methyl sites for hydroxylation is 1. The number of aromatic carboxylic acids is 1. The monoisotopic (exact) mass is 347 g/mol. The molecule has 0 saturated carbocycles. The lowest BCUT2D eigenvalue weighted by molar-refractivity contribution is -0.131. The van der Waals surface area contributed by atoms with Crippen LogP contribution in [0.2, 0.25) is 0 Å². The second kappa shape index (κ2) is 7.88. The Balaban J connectivity index is 2.05. The van der Waals surface area contributed by atoms with Gasteiger partial charge < -0.3 is 10.0 Å². The van der Waals surface area contributed by atoms with Crippen molar-refractivity contribution in [1.29, 1.82) is 0 Å². The van der Waals surface area contributed by atoms with E-state index in [1.165, 1.54) is 17.0 Å². The molecule has 132 valence electrons. The normalized spacial score (nSPS) is 11.8. The van der Waals surface area contributed by atoms with E-state index in [2.05, 4.69) is 0 Å². The average molecular weight is 347 g/mol. The molecule has 0 aromatic heterocycles. The maximum atomic E-state index is 13.4. The van der Waals surface area contributed by atoms with Gasteiger partial charge in [-0.1, -0.05) is 24.3 Å². The topological polar surface area (TPSA) is 57.6 Å². The van der Waals surface area contributed by atoms with Gasteiger partial charge in [0, 0.05) is 13.5 Å². The summed E-state index contributed by atoms with van der Waals surface area (Å²) in [7, 11) is 1.58. The molecule has 2 rings (SSSR count). The van der Waals surface area contributed by atoms with Crippen LogP contribution in [0, 0.1) is 11.6 Å². The minimum absolute atomic E-state index is 0.120. The van der Waals surface area contributed by atoms with Crippen LogP contribution < -0.4 is 0 Å². The third kappa shape index (κ3) is 4.41. The fourth-order valence-electron chi connectivity index (χ4n) is 2.58. The van der Waals surface area contributed by atoms with E-state index >= 15 is 0 Å². The molecule has 2 aromatic rings. The van der Waals surface area contributed by atoms with Gasteiger partial charge >= 0.3 is 5.97 Å². The van der Waals surface area contributed by atoms with Crippen molar-refractivity contribution in [3.8, 4) is 0 Å². The summed E-state index contributed by atoms with van der Waals surface area (Å²) < 4.78 is 26.4. The Kier molecular flexibility index (Phi) is 5.85. The fraction of sp³-hybridized carbons (Fsp3) is 0.263. The highest BCUT2D eigenvalue weighted by Crippen LogP contribution is 2.22. The van der Waals surface area contributed by atoms with Crippen molar-refractivity contribution in [2.24, 2.45) is 0 Å². The first-order chi connectivity index (χ1) is 11.8. The van der Waals surface area contributed by atoms with Gasteiger partial charge in [-0.05, 0) is 42.7 Å². The molecule has 0 bridgehead atoms. The third-order valence-electron chi connectivity index (χ3n) is 4.26. The van der Waals surface area contributed by atoms with Crippen LogP contribution >= 0.6 is 0 Å². The van der Waals surface area contributed by atoms with E-state index in [-0.39, 0.29) is 24.3 Å². The molecule has 0 fully saturated rings. The maximum Gasteiger partial charge on any atom is 0.335 e. The predicted octanol–water partition coefficient (Wildman–Crippen LogP) is 3.82. The molecular formula is C19H19F2NO3. The molecule has 0 aliphatic rings. The summed E-state index contributed by atoms with van der Waals surface area (Å²) in [5, 5.41) is 9.16. The van der Waals surface area contributed by atoms with Gasteiger partial charge in [0.2, 0.25) is 5.91 Å². The lowest BCUT2D eigenvalue weighted by atomic mass is 10.0. The van der Waals surface area contributed by atoms with Crippen molar-refractivity contribution in [2.75, 3.05) is 7.05 Å². The van der Waals surface area contributed by atoms with Crippen LogP contribution in [0.25, 0.3) is 0 Å². The molecule has 0 spiro atoms. The van der Waals surface area contributed by atoms with E-state index in [0.717, 1.165) is 12.1 Å². The number of nitrogens with zero attached hydrogens (tertiary/aromatic N) is 1. The molecule has 4 nitrogen and oxygen atoms in total. The number of benzene rings is 2. The molecule has 0 saturated heterocycles. The van der Waals surface area contributed by atoms with Gasteiger partial charge in [-0.3, -0.25) is 4.79 Å². The number of halogens is 2. The van der Waals surface area contributed by atoms with Crippen molar-refractivity contribution >= 4 is 11.9 Å².